The van der Waals surface area contributed by atoms with Gasteiger partial charge in [-0.1, -0.05) is 42.5 Å². The maximum atomic E-state index is 12.8. The number of imide groups is 1. The molecule has 0 bridgehead atoms. The van der Waals surface area contributed by atoms with E-state index in [4.69, 9.17) is 0 Å². The summed E-state index contributed by atoms with van der Waals surface area (Å²) in [5.74, 6) is -0.232. The van der Waals surface area contributed by atoms with Gasteiger partial charge in [-0.25, -0.2) is 0 Å². The lowest BCUT2D eigenvalue weighted by Gasteiger charge is -2.14. The predicted octanol–water partition coefficient (Wildman–Crippen LogP) is 6.31. The highest BCUT2D eigenvalue weighted by molar-refractivity contribution is 9.11. The molecule has 4 rings (SSSR count). The molecule has 28 heavy (non-hydrogen) atoms. The Morgan fingerprint density at radius 3 is 2.43 bits per heavy atom. The Labute approximate surface area is 182 Å². The highest BCUT2D eigenvalue weighted by Gasteiger charge is 2.35. The average Bonchev–Trinajstić information content (AvgIpc) is 2.93. The van der Waals surface area contributed by atoms with Gasteiger partial charge in [0.1, 0.15) is 5.75 Å². The van der Waals surface area contributed by atoms with Crippen LogP contribution in [0.15, 0.2) is 68.4 Å². The molecule has 7 heteroatoms. The molecule has 4 nitrogen and oxygen atoms in total. The molecule has 1 aliphatic rings. The van der Waals surface area contributed by atoms with Crippen molar-refractivity contribution in [3.8, 4) is 5.75 Å². The van der Waals surface area contributed by atoms with Crippen molar-refractivity contribution in [1.82, 2.24) is 4.90 Å². The fraction of sp³-hybridized carbons (Fsp3) is 0.0476. The van der Waals surface area contributed by atoms with E-state index in [1.54, 1.807) is 18.2 Å². The summed E-state index contributed by atoms with van der Waals surface area (Å²) in [6.07, 6.45) is 1.66. The molecule has 1 fully saturated rings. The van der Waals surface area contributed by atoms with E-state index in [-0.39, 0.29) is 23.4 Å². The number of thioether (sulfide) groups is 1. The first-order valence-corrected chi connectivity index (χ1v) is 10.7. The first-order chi connectivity index (χ1) is 13.4. The summed E-state index contributed by atoms with van der Waals surface area (Å²) < 4.78 is 1.01. The van der Waals surface area contributed by atoms with E-state index in [1.807, 2.05) is 42.5 Å². The van der Waals surface area contributed by atoms with Crippen LogP contribution in [-0.2, 0) is 11.3 Å². The minimum absolute atomic E-state index is 0.0845. The van der Waals surface area contributed by atoms with Gasteiger partial charge in [0, 0.05) is 0 Å². The number of carbonyl (C=O) groups excluding carboxylic acids is 2. The normalized spacial score (nSPS) is 15.8. The van der Waals surface area contributed by atoms with E-state index in [0.29, 0.717) is 19.4 Å². The molecule has 1 heterocycles. The number of nitrogens with zero attached hydrogens (tertiary/aromatic N) is 1. The molecule has 1 saturated heterocycles. The maximum Gasteiger partial charge on any atom is 0.293 e. The highest BCUT2D eigenvalue weighted by Crippen LogP contribution is 2.37. The third-order valence-corrected chi connectivity index (χ3v) is 6.54. The van der Waals surface area contributed by atoms with Crippen LogP contribution in [0.1, 0.15) is 11.1 Å². The van der Waals surface area contributed by atoms with Gasteiger partial charge in [0.15, 0.2) is 0 Å². The van der Waals surface area contributed by atoms with Crippen LogP contribution in [0.4, 0.5) is 4.79 Å². The van der Waals surface area contributed by atoms with E-state index in [0.717, 1.165) is 28.1 Å². The molecule has 3 aromatic carbocycles. The number of fused-ring (bicyclic) bond motifs is 1. The largest absolute Gasteiger partial charge is 0.506 e. The van der Waals surface area contributed by atoms with Gasteiger partial charge < -0.3 is 5.11 Å². The summed E-state index contributed by atoms with van der Waals surface area (Å²) in [5, 5.41) is 11.6. The summed E-state index contributed by atoms with van der Waals surface area (Å²) in [6, 6.07) is 17.2. The summed E-state index contributed by atoms with van der Waals surface area (Å²) in [4.78, 5) is 26.9. The second-order valence-electron chi connectivity index (χ2n) is 6.24. The lowest BCUT2D eigenvalue weighted by molar-refractivity contribution is -0.123. The van der Waals surface area contributed by atoms with Crippen molar-refractivity contribution in [2.45, 2.75) is 6.54 Å². The zero-order valence-electron chi connectivity index (χ0n) is 14.4. The molecule has 0 radical (unpaired) electrons. The lowest BCUT2D eigenvalue weighted by Crippen LogP contribution is -2.27. The van der Waals surface area contributed by atoms with Gasteiger partial charge >= 0.3 is 0 Å². The van der Waals surface area contributed by atoms with Crippen molar-refractivity contribution in [2.24, 2.45) is 0 Å². The zero-order chi connectivity index (χ0) is 19.8. The van der Waals surface area contributed by atoms with Gasteiger partial charge in [-0.3, -0.25) is 14.5 Å². The minimum atomic E-state index is -0.316. The Morgan fingerprint density at radius 1 is 1.00 bits per heavy atom. The minimum Gasteiger partial charge on any atom is -0.506 e. The standard InChI is InChI=1S/C21H13Br2NO3S/c22-16-8-12(9-17(23)19(16)25)10-18-20(26)24(21(27)28-18)11-14-6-3-5-13-4-1-2-7-15(13)14/h1-10,25H,11H2/b18-10-. The predicted molar refractivity (Wildman–Crippen MR) is 119 cm³/mol. The fourth-order valence-corrected chi connectivity index (χ4v) is 5.12. The number of phenolic OH excluding ortho intramolecular Hbond substituents is 1. The van der Waals surface area contributed by atoms with Gasteiger partial charge in [0.05, 0.1) is 20.4 Å². The highest BCUT2D eigenvalue weighted by atomic mass is 79.9. The summed E-state index contributed by atoms with van der Waals surface area (Å²) in [6.45, 7) is 0.228. The van der Waals surface area contributed by atoms with Crippen molar-refractivity contribution in [3.63, 3.8) is 0 Å². The number of hydrogen-bond acceptors (Lipinski definition) is 4. The second kappa shape index (κ2) is 7.73. The molecule has 3 aromatic rings. The smallest absolute Gasteiger partial charge is 0.293 e. The Bertz CT molecular complexity index is 1130. The first kappa shape index (κ1) is 19.2. The average molecular weight is 519 g/mol. The molecular formula is C21H13Br2NO3S. The monoisotopic (exact) mass is 517 g/mol. The van der Waals surface area contributed by atoms with Crippen LogP contribution < -0.4 is 0 Å². The Kier molecular flexibility index (Phi) is 5.31. The second-order valence-corrected chi connectivity index (χ2v) is 8.94. The lowest BCUT2D eigenvalue weighted by atomic mass is 10.0. The summed E-state index contributed by atoms with van der Waals surface area (Å²) >= 11 is 7.47. The number of carbonyl (C=O) groups is 2. The van der Waals surface area contributed by atoms with E-state index >= 15 is 0 Å². The topological polar surface area (TPSA) is 57.6 Å². The van der Waals surface area contributed by atoms with Crippen LogP contribution >= 0.6 is 43.6 Å². The Balaban J connectivity index is 1.64. The third kappa shape index (κ3) is 3.62. The quantitative estimate of drug-likeness (QED) is 0.413. The number of rotatable bonds is 3. The van der Waals surface area contributed by atoms with E-state index < -0.39 is 0 Å². The zero-order valence-corrected chi connectivity index (χ0v) is 18.3. The molecule has 0 aliphatic carbocycles. The number of halogens is 2. The van der Waals surface area contributed by atoms with Gasteiger partial charge in [-0.2, -0.15) is 0 Å². The van der Waals surface area contributed by atoms with E-state index in [9.17, 15) is 14.7 Å². The van der Waals surface area contributed by atoms with Gasteiger partial charge in [0.2, 0.25) is 0 Å². The molecule has 1 aliphatic heterocycles. The molecular weight excluding hydrogens is 506 g/mol. The van der Waals surface area contributed by atoms with Crippen molar-refractivity contribution >= 4 is 71.6 Å². The van der Waals surface area contributed by atoms with Crippen LogP contribution in [0.5, 0.6) is 5.75 Å². The van der Waals surface area contributed by atoms with Crippen LogP contribution in [0.2, 0.25) is 0 Å². The van der Waals surface area contributed by atoms with Gasteiger partial charge in [-0.15, -0.1) is 0 Å². The molecule has 0 spiro atoms. The molecule has 0 atom stereocenters. The number of phenols is 1. The van der Waals surface area contributed by atoms with Crippen LogP contribution in [0.3, 0.4) is 0 Å². The van der Waals surface area contributed by atoms with E-state index in [1.165, 1.54) is 4.90 Å². The Morgan fingerprint density at radius 2 is 1.68 bits per heavy atom. The molecule has 2 amide bonds. The van der Waals surface area contributed by atoms with E-state index in [2.05, 4.69) is 31.9 Å². The van der Waals surface area contributed by atoms with Crippen LogP contribution in [0.25, 0.3) is 16.8 Å². The fourth-order valence-electron chi connectivity index (χ4n) is 3.06. The SMILES string of the molecule is O=C1S/C(=C\c2cc(Br)c(O)c(Br)c2)C(=O)N1Cc1cccc2ccccc12. The maximum absolute atomic E-state index is 12.8. The number of hydrogen-bond donors (Lipinski definition) is 1. The van der Waals surface area contributed by atoms with Crippen molar-refractivity contribution < 1.29 is 14.7 Å². The van der Waals surface area contributed by atoms with Crippen LogP contribution in [-0.4, -0.2) is 21.2 Å². The summed E-state index contributed by atoms with van der Waals surface area (Å²) in [7, 11) is 0. The van der Waals surface area contributed by atoms with Gasteiger partial charge in [-0.05, 0) is 83.7 Å². The molecule has 0 unspecified atom stereocenters. The molecule has 140 valence electrons. The molecule has 1 N–H and O–H groups in total. The molecule has 0 saturated carbocycles. The summed E-state index contributed by atoms with van der Waals surface area (Å²) in [5.41, 5.74) is 1.63. The van der Waals surface area contributed by atoms with Crippen molar-refractivity contribution in [2.75, 3.05) is 0 Å². The number of benzene rings is 3. The van der Waals surface area contributed by atoms with Crippen LogP contribution in [0, 0.1) is 0 Å². The van der Waals surface area contributed by atoms with Crippen molar-refractivity contribution in [1.29, 1.82) is 0 Å². The first-order valence-electron chi connectivity index (χ1n) is 8.34. The van der Waals surface area contributed by atoms with Crippen molar-refractivity contribution in [3.05, 3.63) is 79.6 Å². The number of aromatic hydroxyl groups is 1. The van der Waals surface area contributed by atoms with Gasteiger partial charge in [0.25, 0.3) is 11.1 Å². The Hall–Kier alpha value is -2.09. The number of amides is 2. The third-order valence-electron chi connectivity index (χ3n) is 4.42. The molecule has 0 aromatic heterocycles.